The number of aryl methyl sites for hydroxylation is 1. The minimum atomic E-state index is 0.125. The Bertz CT molecular complexity index is 548. The molecular formula is C20H30N2O. The van der Waals surface area contributed by atoms with Crippen LogP contribution < -0.4 is 11.1 Å². The summed E-state index contributed by atoms with van der Waals surface area (Å²) in [6.45, 7) is 2.98. The molecule has 3 heteroatoms. The lowest BCUT2D eigenvalue weighted by Gasteiger charge is -2.39. The zero-order valence-electron chi connectivity index (χ0n) is 14.3. The fourth-order valence-corrected chi connectivity index (χ4v) is 4.59. The zero-order chi connectivity index (χ0) is 16.3. The van der Waals surface area contributed by atoms with E-state index in [1.807, 2.05) is 0 Å². The number of carbonyl (C=O) groups excluding carboxylic acids is 1. The maximum absolute atomic E-state index is 12.5. The number of nitrogens with two attached hydrogens (primary N) is 1. The molecule has 23 heavy (non-hydrogen) atoms. The summed E-state index contributed by atoms with van der Waals surface area (Å²) in [6, 6.07) is 8.91. The van der Waals surface area contributed by atoms with Crippen LogP contribution >= 0.6 is 0 Å². The van der Waals surface area contributed by atoms with Crippen molar-refractivity contribution in [3.63, 3.8) is 0 Å². The number of nitrogens with one attached hydrogen (secondary N) is 1. The second-order valence-corrected chi connectivity index (χ2v) is 7.64. The number of hydrogen-bond donors (Lipinski definition) is 2. The highest BCUT2D eigenvalue weighted by Gasteiger charge is 2.36. The van der Waals surface area contributed by atoms with Crippen molar-refractivity contribution in [2.24, 2.45) is 11.7 Å². The average Bonchev–Trinajstić information content (AvgIpc) is 3.00. The first-order chi connectivity index (χ1) is 11.1. The van der Waals surface area contributed by atoms with E-state index in [4.69, 9.17) is 5.73 Å². The van der Waals surface area contributed by atoms with Crippen LogP contribution in [0.2, 0.25) is 0 Å². The van der Waals surface area contributed by atoms with Gasteiger partial charge in [-0.25, -0.2) is 0 Å². The van der Waals surface area contributed by atoms with Crippen LogP contribution in [0.25, 0.3) is 0 Å². The summed E-state index contributed by atoms with van der Waals surface area (Å²) in [5, 5.41) is 3.29. The summed E-state index contributed by atoms with van der Waals surface area (Å²) in [6.07, 6.45) is 9.00. The summed E-state index contributed by atoms with van der Waals surface area (Å²) in [5.74, 6) is 0.346. The fourth-order valence-electron chi connectivity index (χ4n) is 4.59. The molecule has 0 saturated heterocycles. The van der Waals surface area contributed by atoms with Crippen molar-refractivity contribution in [3.05, 3.63) is 35.4 Å². The molecule has 0 radical (unpaired) electrons. The largest absolute Gasteiger partial charge is 0.355 e. The van der Waals surface area contributed by atoms with Gasteiger partial charge in [0.05, 0.1) is 0 Å². The lowest BCUT2D eigenvalue weighted by molar-refractivity contribution is -0.125. The molecule has 2 fully saturated rings. The van der Waals surface area contributed by atoms with Gasteiger partial charge in [0.25, 0.3) is 0 Å². The summed E-state index contributed by atoms with van der Waals surface area (Å²) in [7, 11) is 0. The number of benzene rings is 1. The molecule has 126 valence electrons. The van der Waals surface area contributed by atoms with Crippen LogP contribution in [0.3, 0.4) is 0 Å². The van der Waals surface area contributed by atoms with Gasteiger partial charge >= 0.3 is 0 Å². The molecule has 0 bridgehead atoms. The van der Waals surface area contributed by atoms with Crippen LogP contribution in [0.4, 0.5) is 0 Å². The SMILES string of the molecule is Cc1ccccc1C1(CNC(=O)C2CCC(N)C2)CCCCC1. The van der Waals surface area contributed by atoms with Crippen molar-refractivity contribution in [3.8, 4) is 0 Å². The third-order valence-electron chi connectivity index (χ3n) is 5.97. The Morgan fingerprint density at radius 2 is 1.96 bits per heavy atom. The predicted octanol–water partition coefficient (Wildman–Crippen LogP) is 3.44. The minimum absolute atomic E-state index is 0.125. The Balaban J connectivity index is 1.72. The molecule has 1 amide bonds. The summed E-state index contributed by atoms with van der Waals surface area (Å²) in [4.78, 5) is 12.5. The maximum atomic E-state index is 12.5. The Labute approximate surface area is 140 Å². The van der Waals surface area contributed by atoms with Gasteiger partial charge in [-0.3, -0.25) is 4.79 Å². The Hall–Kier alpha value is -1.35. The normalized spacial score (nSPS) is 26.9. The van der Waals surface area contributed by atoms with Crippen molar-refractivity contribution in [1.29, 1.82) is 0 Å². The third kappa shape index (κ3) is 3.60. The second-order valence-electron chi connectivity index (χ2n) is 7.64. The van der Waals surface area contributed by atoms with E-state index in [0.29, 0.717) is 0 Å². The van der Waals surface area contributed by atoms with Gasteiger partial charge in [0.1, 0.15) is 0 Å². The first kappa shape index (κ1) is 16.5. The molecule has 3 rings (SSSR count). The van der Waals surface area contributed by atoms with E-state index in [2.05, 4.69) is 36.5 Å². The van der Waals surface area contributed by atoms with E-state index in [0.717, 1.165) is 25.8 Å². The topological polar surface area (TPSA) is 55.1 Å². The van der Waals surface area contributed by atoms with Crippen LogP contribution in [0.1, 0.15) is 62.5 Å². The maximum Gasteiger partial charge on any atom is 0.223 e. The first-order valence-corrected chi connectivity index (χ1v) is 9.20. The van der Waals surface area contributed by atoms with Gasteiger partial charge in [0, 0.05) is 23.9 Å². The molecule has 2 saturated carbocycles. The van der Waals surface area contributed by atoms with E-state index in [-0.39, 0.29) is 23.3 Å². The van der Waals surface area contributed by atoms with Crippen molar-refractivity contribution in [1.82, 2.24) is 5.32 Å². The van der Waals surface area contributed by atoms with Gasteiger partial charge in [0.15, 0.2) is 0 Å². The van der Waals surface area contributed by atoms with Gasteiger partial charge < -0.3 is 11.1 Å². The number of rotatable bonds is 4. The van der Waals surface area contributed by atoms with E-state index in [9.17, 15) is 4.79 Å². The standard InChI is InChI=1S/C20H30N2O/c1-15-7-3-4-8-18(15)20(11-5-2-6-12-20)14-22-19(23)16-9-10-17(21)13-16/h3-4,7-8,16-17H,2,5-6,9-14,21H2,1H3,(H,22,23). The van der Waals surface area contributed by atoms with Crippen molar-refractivity contribution < 1.29 is 4.79 Å². The summed E-state index contributed by atoms with van der Waals surface area (Å²) >= 11 is 0. The molecule has 2 aliphatic carbocycles. The molecule has 0 aromatic heterocycles. The molecule has 3 N–H and O–H groups in total. The molecule has 2 atom stereocenters. The molecule has 1 aromatic carbocycles. The highest BCUT2D eigenvalue weighted by Crippen LogP contribution is 2.40. The lowest BCUT2D eigenvalue weighted by atomic mass is 9.68. The molecule has 0 spiro atoms. The van der Waals surface area contributed by atoms with Gasteiger partial charge in [-0.2, -0.15) is 0 Å². The third-order valence-corrected chi connectivity index (χ3v) is 5.97. The average molecular weight is 314 g/mol. The second kappa shape index (κ2) is 7.04. The Morgan fingerprint density at radius 3 is 2.61 bits per heavy atom. The molecule has 3 nitrogen and oxygen atoms in total. The van der Waals surface area contributed by atoms with Gasteiger partial charge in [-0.15, -0.1) is 0 Å². The van der Waals surface area contributed by atoms with Crippen LogP contribution in [0.5, 0.6) is 0 Å². The van der Waals surface area contributed by atoms with Crippen molar-refractivity contribution in [2.45, 2.75) is 69.7 Å². The predicted molar refractivity (Wildman–Crippen MR) is 94.3 cm³/mol. The minimum Gasteiger partial charge on any atom is -0.355 e. The summed E-state index contributed by atoms with van der Waals surface area (Å²) in [5.41, 5.74) is 8.87. The number of hydrogen-bond acceptors (Lipinski definition) is 2. The number of carbonyl (C=O) groups is 1. The molecule has 1 aromatic rings. The molecule has 0 heterocycles. The quantitative estimate of drug-likeness (QED) is 0.894. The lowest BCUT2D eigenvalue weighted by Crippen LogP contribution is -2.44. The van der Waals surface area contributed by atoms with Crippen LogP contribution in [-0.4, -0.2) is 18.5 Å². The Kier molecular flexibility index (Phi) is 5.05. The fraction of sp³-hybridized carbons (Fsp3) is 0.650. The highest BCUT2D eigenvalue weighted by molar-refractivity contribution is 5.79. The van der Waals surface area contributed by atoms with E-state index >= 15 is 0 Å². The monoisotopic (exact) mass is 314 g/mol. The van der Waals surface area contributed by atoms with Crippen LogP contribution in [0.15, 0.2) is 24.3 Å². The number of amides is 1. The molecular weight excluding hydrogens is 284 g/mol. The van der Waals surface area contributed by atoms with E-state index in [1.54, 1.807) is 0 Å². The zero-order valence-corrected chi connectivity index (χ0v) is 14.3. The molecule has 2 unspecified atom stereocenters. The van der Waals surface area contributed by atoms with Crippen LogP contribution in [0, 0.1) is 12.8 Å². The van der Waals surface area contributed by atoms with Crippen molar-refractivity contribution in [2.75, 3.05) is 6.54 Å². The van der Waals surface area contributed by atoms with E-state index in [1.165, 1.54) is 43.2 Å². The summed E-state index contributed by atoms with van der Waals surface area (Å²) < 4.78 is 0. The van der Waals surface area contributed by atoms with Gasteiger partial charge in [-0.1, -0.05) is 43.5 Å². The first-order valence-electron chi connectivity index (χ1n) is 9.20. The van der Waals surface area contributed by atoms with E-state index < -0.39 is 0 Å². The Morgan fingerprint density at radius 1 is 1.22 bits per heavy atom. The smallest absolute Gasteiger partial charge is 0.223 e. The molecule has 2 aliphatic rings. The highest BCUT2D eigenvalue weighted by atomic mass is 16.1. The van der Waals surface area contributed by atoms with Crippen molar-refractivity contribution >= 4 is 5.91 Å². The van der Waals surface area contributed by atoms with Gasteiger partial charge in [0.2, 0.25) is 5.91 Å². The molecule has 0 aliphatic heterocycles. The van der Waals surface area contributed by atoms with Gasteiger partial charge in [-0.05, 0) is 50.2 Å². The van der Waals surface area contributed by atoms with Crippen LogP contribution in [-0.2, 0) is 10.2 Å².